The molecule has 1 nitrogen and oxygen atoms in total. The Hall–Kier alpha value is -1.03. The van der Waals surface area contributed by atoms with Gasteiger partial charge in [-0.25, -0.2) is 0 Å². The molecule has 0 aliphatic heterocycles. The summed E-state index contributed by atoms with van der Waals surface area (Å²) in [6, 6.07) is 5.32. The fraction of sp³-hybridized carbons (Fsp3) is 0.538. The van der Waals surface area contributed by atoms with E-state index < -0.39 is 11.7 Å². The van der Waals surface area contributed by atoms with Crippen molar-refractivity contribution in [1.29, 1.82) is 0 Å². The first-order chi connectivity index (χ1) is 7.97. The third kappa shape index (κ3) is 4.38. The first kappa shape index (κ1) is 14.0. The normalized spacial score (nSPS) is 13.7. The standard InChI is InChI=1S/C13H17F3O/c1-2-4-11(9-17)7-10-5-3-6-12(8-10)13(14,15)16/h3,5-6,8,11,17H,2,4,7,9H2,1H3. The summed E-state index contributed by atoms with van der Waals surface area (Å²) in [5.74, 6) is 0.0449. The van der Waals surface area contributed by atoms with Crippen LogP contribution in [0.1, 0.15) is 30.9 Å². The van der Waals surface area contributed by atoms with Crippen LogP contribution in [0.15, 0.2) is 24.3 Å². The second kappa shape index (κ2) is 6.05. The molecule has 0 amide bonds. The van der Waals surface area contributed by atoms with Crippen LogP contribution in [0.3, 0.4) is 0 Å². The summed E-state index contributed by atoms with van der Waals surface area (Å²) in [6.45, 7) is 2.01. The number of hydrogen-bond donors (Lipinski definition) is 1. The van der Waals surface area contributed by atoms with Gasteiger partial charge >= 0.3 is 6.18 Å². The molecule has 96 valence electrons. The molecule has 1 aromatic rings. The molecule has 17 heavy (non-hydrogen) atoms. The Labute approximate surface area is 99.3 Å². The van der Waals surface area contributed by atoms with Gasteiger partial charge in [0.05, 0.1) is 5.56 Å². The van der Waals surface area contributed by atoms with E-state index in [2.05, 4.69) is 0 Å². The van der Waals surface area contributed by atoms with Gasteiger partial charge in [0.1, 0.15) is 0 Å². The second-order valence-electron chi connectivity index (χ2n) is 4.24. The molecule has 0 spiro atoms. The molecule has 0 aromatic heterocycles. The molecule has 0 fully saturated rings. The van der Waals surface area contributed by atoms with E-state index in [4.69, 9.17) is 5.11 Å². The summed E-state index contributed by atoms with van der Waals surface area (Å²) >= 11 is 0. The maximum Gasteiger partial charge on any atom is 0.416 e. The highest BCUT2D eigenvalue weighted by Gasteiger charge is 2.30. The number of alkyl halides is 3. The fourth-order valence-corrected chi connectivity index (χ4v) is 1.87. The van der Waals surface area contributed by atoms with Gasteiger partial charge in [0, 0.05) is 6.61 Å². The number of aliphatic hydroxyl groups is 1. The van der Waals surface area contributed by atoms with Gasteiger partial charge in [0.15, 0.2) is 0 Å². The van der Waals surface area contributed by atoms with E-state index in [-0.39, 0.29) is 12.5 Å². The summed E-state index contributed by atoms with van der Waals surface area (Å²) in [5.41, 5.74) is 0.00973. The summed E-state index contributed by atoms with van der Waals surface area (Å²) in [4.78, 5) is 0. The quantitative estimate of drug-likeness (QED) is 0.840. The predicted octanol–water partition coefficient (Wildman–Crippen LogP) is 3.66. The molecule has 0 bridgehead atoms. The lowest BCUT2D eigenvalue weighted by Gasteiger charge is -2.14. The number of aliphatic hydroxyl groups excluding tert-OH is 1. The molecule has 1 atom stereocenters. The van der Waals surface area contributed by atoms with Crippen molar-refractivity contribution in [1.82, 2.24) is 0 Å². The summed E-state index contributed by atoms with van der Waals surface area (Å²) in [6.07, 6.45) is -2.05. The maximum atomic E-state index is 12.5. The zero-order valence-electron chi connectivity index (χ0n) is 9.80. The Morgan fingerprint density at radius 3 is 2.53 bits per heavy atom. The van der Waals surface area contributed by atoms with Crippen LogP contribution in [0.4, 0.5) is 13.2 Å². The van der Waals surface area contributed by atoms with Crippen LogP contribution in [0.25, 0.3) is 0 Å². The van der Waals surface area contributed by atoms with Crippen LogP contribution < -0.4 is 0 Å². The van der Waals surface area contributed by atoms with Crippen LogP contribution in [0, 0.1) is 5.92 Å². The third-order valence-electron chi connectivity index (χ3n) is 2.73. The van der Waals surface area contributed by atoms with E-state index in [1.54, 1.807) is 6.07 Å². The minimum Gasteiger partial charge on any atom is -0.396 e. The zero-order valence-corrected chi connectivity index (χ0v) is 9.80. The largest absolute Gasteiger partial charge is 0.416 e. The number of hydrogen-bond acceptors (Lipinski definition) is 1. The van der Waals surface area contributed by atoms with Crippen LogP contribution in [-0.2, 0) is 12.6 Å². The number of halogens is 3. The van der Waals surface area contributed by atoms with Crippen molar-refractivity contribution < 1.29 is 18.3 Å². The highest BCUT2D eigenvalue weighted by atomic mass is 19.4. The molecule has 1 aromatic carbocycles. The van der Waals surface area contributed by atoms with Gasteiger partial charge in [-0.3, -0.25) is 0 Å². The van der Waals surface area contributed by atoms with Gasteiger partial charge in [0.25, 0.3) is 0 Å². The molecule has 0 radical (unpaired) electrons. The Morgan fingerprint density at radius 2 is 2.00 bits per heavy atom. The molecule has 0 saturated heterocycles. The average molecular weight is 246 g/mol. The SMILES string of the molecule is CCCC(CO)Cc1cccc(C(F)(F)F)c1. The van der Waals surface area contributed by atoms with E-state index in [0.29, 0.717) is 12.0 Å². The van der Waals surface area contributed by atoms with Crippen LogP contribution in [0.2, 0.25) is 0 Å². The molecule has 1 unspecified atom stereocenters. The lowest BCUT2D eigenvalue weighted by atomic mass is 9.95. The van der Waals surface area contributed by atoms with Crippen LogP contribution in [-0.4, -0.2) is 11.7 Å². The van der Waals surface area contributed by atoms with Gasteiger partial charge in [-0.05, 0) is 30.4 Å². The van der Waals surface area contributed by atoms with Crippen molar-refractivity contribution in [2.45, 2.75) is 32.4 Å². The molecule has 4 heteroatoms. The minimum atomic E-state index is -4.30. The zero-order chi connectivity index (χ0) is 12.9. The van der Waals surface area contributed by atoms with Crippen molar-refractivity contribution >= 4 is 0 Å². The van der Waals surface area contributed by atoms with Gasteiger partial charge in [-0.2, -0.15) is 13.2 Å². The van der Waals surface area contributed by atoms with Crippen molar-refractivity contribution in [3.05, 3.63) is 35.4 Å². The lowest BCUT2D eigenvalue weighted by Crippen LogP contribution is -2.11. The molecule has 0 aliphatic carbocycles. The Balaban J connectivity index is 2.78. The number of benzene rings is 1. The smallest absolute Gasteiger partial charge is 0.396 e. The Bertz CT molecular complexity index is 347. The summed E-state index contributed by atoms with van der Waals surface area (Å²) in [7, 11) is 0. The van der Waals surface area contributed by atoms with Gasteiger partial charge in [-0.1, -0.05) is 31.5 Å². The lowest BCUT2D eigenvalue weighted by molar-refractivity contribution is -0.137. The molecular weight excluding hydrogens is 229 g/mol. The molecular formula is C13H17F3O. The van der Waals surface area contributed by atoms with Crippen molar-refractivity contribution in [2.75, 3.05) is 6.61 Å². The van der Waals surface area contributed by atoms with E-state index in [0.717, 1.165) is 18.9 Å². The van der Waals surface area contributed by atoms with Gasteiger partial charge in [0.2, 0.25) is 0 Å². The van der Waals surface area contributed by atoms with Crippen LogP contribution in [0.5, 0.6) is 0 Å². The molecule has 0 heterocycles. The highest BCUT2D eigenvalue weighted by Crippen LogP contribution is 2.30. The van der Waals surface area contributed by atoms with Crippen molar-refractivity contribution in [2.24, 2.45) is 5.92 Å². The van der Waals surface area contributed by atoms with E-state index in [1.165, 1.54) is 12.1 Å². The highest BCUT2D eigenvalue weighted by molar-refractivity contribution is 5.26. The van der Waals surface area contributed by atoms with Crippen molar-refractivity contribution in [3.8, 4) is 0 Å². The maximum absolute atomic E-state index is 12.5. The fourth-order valence-electron chi connectivity index (χ4n) is 1.87. The first-order valence-electron chi connectivity index (χ1n) is 5.74. The van der Waals surface area contributed by atoms with E-state index in [9.17, 15) is 13.2 Å². The number of rotatable bonds is 5. The minimum absolute atomic E-state index is 0.0179. The Morgan fingerprint density at radius 1 is 1.29 bits per heavy atom. The van der Waals surface area contributed by atoms with Crippen LogP contribution >= 0.6 is 0 Å². The monoisotopic (exact) mass is 246 g/mol. The van der Waals surface area contributed by atoms with E-state index >= 15 is 0 Å². The van der Waals surface area contributed by atoms with Crippen molar-refractivity contribution in [3.63, 3.8) is 0 Å². The van der Waals surface area contributed by atoms with Gasteiger partial charge in [-0.15, -0.1) is 0 Å². The summed E-state index contributed by atoms with van der Waals surface area (Å²) < 4.78 is 37.5. The second-order valence-corrected chi connectivity index (χ2v) is 4.24. The molecule has 0 aliphatic rings. The molecule has 1 N–H and O–H groups in total. The molecule has 1 rings (SSSR count). The molecule has 0 saturated carbocycles. The Kier molecular flexibility index (Phi) is 5.00. The average Bonchev–Trinajstić information content (AvgIpc) is 2.28. The van der Waals surface area contributed by atoms with Gasteiger partial charge < -0.3 is 5.11 Å². The third-order valence-corrected chi connectivity index (χ3v) is 2.73. The first-order valence-corrected chi connectivity index (χ1v) is 5.74. The topological polar surface area (TPSA) is 20.2 Å². The van der Waals surface area contributed by atoms with E-state index in [1.807, 2.05) is 6.92 Å². The predicted molar refractivity (Wildman–Crippen MR) is 60.6 cm³/mol. The summed E-state index contributed by atoms with van der Waals surface area (Å²) in [5, 5.41) is 9.13.